The molecule has 1 aromatic heterocycles. The van der Waals surface area contributed by atoms with Crippen LogP contribution in [-0.4, -0.2) is 28.0 Å². The van der Waals surface area contributed by atoms with Gasteiger partial charge in [-0.1, -0.05) is 0 Å². The summed E-state index contributed by atoms with van der Waals surface area (Å²) in [7, 11) is 0. The number of rotatable bonds is 1. The molecule has 1 fully saturated rings. The predicted molar refractivity (Wildman–Crippen MR) is 59.0 cm³/mol. The molecule has 5 nitrogen and oxygen atoms in total. The largest absolute Gasteiger partial charge is 0.381 e. The van der Waals surface area contributed by atoms with Crippen molar-refractivity contribution >= 4 is 0 Å². The van der Waals surface area contributed by atoms with Crippen molar-refractivity contribution in [1.82, 2.24) is 14.8 Å². The summed E-state index contributed by atoms with van der Waals surface area (Å²) < 4.78 is 7.46. The molecule has 3 rings (SSSR count). The van der Waals surface area contributed by atoms with Gasteiger partial charge in [0.25, 0.3) is 0 Å². The topological polar surface area (TPSA) is 66.0 Å². The van der Waals surface area contributed by atoms with Gasteiger partial charge in [0.05, 0.1) is 12.6 Å². The average molecular weight is 222 g/mol. The number of aryl methyl sites for hydroxylation is 1. The maximum Gasteiger partial charge on any atom is 0.156 e. The van der Waals surface area contributed by atoms with Crippen LogP contribution in [-0.2, 0) is 11.3 Å². The SMILES string of the molecule is NC1CCCn2nc(C3CCCOC3)nc21. The summed E-state index contributed by atoms with van der Waals surface area (Å²) in [6.45, 7) is 2.60. The lowest BCUT2D eigenvalue weighted by Gasteiger charge is -2.18. The third-order valence-electron chi connectivity index (χ3n) is 3.46. The minimum atomic E-state index is 0.0690. The molecule has 16 heavy (non-hydrogen) atoms. The normalized spacial score (nSPS) is 30.1. The molecule has 0 bridgehead atoms. The summed E-state index contributed by atoms with van der Waals surface area (Å²) in [5.41, 5.74) is 6.03. The zero-order valence-electron chi connectivity index (χ0n) is 9.43. The van der Waals surface area contributed by atoms with Gasteiger partial charge in [-0.15, -0.1) is 0 Å². The fourth-order valence-electron chi connectivity index (χ4n) is 2.52. The Bertz CT molecular complexity index is 370. The number of fused-ring (bicyclic) bond motifs is 1. The highest BCUT2D eigenvalue weighted by Crippen LogP contribution is 2.26. The third kappa shape index (κ3) is 1.74. The van der Waals surface area contributed by atoms with E-state index in [0.29, 0.717) is 5.92 Å². The van der Waals surface area contributed by atoms with E-state index in [-0.39, 0.29) is 6.04 Å². The Morgan fingerprint density at radius 1 is 1.31 bits per heavy atom. The minimum absolute atomic E-state index is 0.0690. The van der Waals surface area contributed by atoms with Crippen LogP contribution in [0.3, 0.4) is 0 Å². The lowest BCUT2D eigenvalue weighted by Crippen LogP contribution is -2.22. The number of hydrogen-bond acceptors (Lipinski definition) is 4. The van der Waals surface area contributed by atoms with E-state index in [1.54, 1.807) is 0 Å². The molecule has 0 aromatic carbocycles. The number of ether oxygens (including phenoxy) is 1. The van der Waals surface area contributed by atoms with Gasteiger partial charge in [-0.3, -0.25) is 0 Å². The highest BCUT2D eigenvalue weighted by Gasteiger charge is 2.25. The molecule has 0 amide bonds. The Morgan fingerprint density at radius 3 is 3.00 bits per heavy atom. The van der Waals surface area contributed by atoms with E-state index in [0.717, 1.165) is 57.1 Å². The molecule has 1 aromatic rings. The lowest BCUT2D eigenvalue weighted by atomic mass is 10.0. The molecule has 3 heterocycles. The lowest BCUT2D eigenvalue weighted by molar-refractivity contribution is 0.0780. The molecule has 2 unspecified atom stereocenters. The van der Waals surface area contributed by atoms with Crippen LogP contribution >= 0.6 is 0 Å². The van der Waals surface area contributed by atoms with Crippen molar-refractivity contribution in [2.75, 3.05) is 13.2 Å². The van der Waals surface area contributed by atoms with Gasteiger partial charge >= 0.3 is 0 Å². The van der Waals surface area contributed by atoms with E-state index in [1.807, 2.05) is 4.68 Å². The van der Waals surface area contributed by atoms with Gasteiger partial charge in [-0.05, 0) is 25.7 Å². The van der Waals surface area contributed by atoms with Gasteiger partial charge < -0.3 is 10.5 Å². The van der Waals surface area contributed by atoms with Crippen molar-refractivity contribution < 1.29 is 4.74 Å². The summed E-state index contributed by atoms with van der Waals surface area (Å²) in [5.74, 6) is 2.28. The van der Waals surface area contributed by atoms with E-state index in [2.05, 4.69) is 10.1 Å². The van der Waals surface area contributed by atoms with Crippen LogP contribution in [0.15, 0.2) is 0 Å². The van der Waals surface area contributed by atoms with Gasteiger partial charge in [0, 0.05) is 19.1 Å². The van der Waals surface area contributed by atoms with Crippen molar-refractivity contribution in [2.45, 2.75) is 44.2 Å². The first-order valence-corrected chi connectivity index (χ1v) is 6.12. The highest BCUT2D eigenvalue weighted by atomic mass is 16.5. The number of nitrogens with zero attached hydrogens (tertiary/aromatic N) is 3. The van der Waals surface area contributed by atoms with Crippen molar-refractivity contribution in [2.24, 2.45) is 5.73 Å². The fraction of sp³-hybridized carbons (Fsp3) is 0.818. The first-order chi connectivity index (χ1) is 7.84. The standard InChI is InChI=1S/C11H18N4O/c12-9-4-1-5-15-11(9)13-10(14-15)8-3-2-6-16-7-8/h8-9H,1-7,12H2. The summed E-state index contributed by atoms with van der Waals surface area (Å²) >= 11 is 0. The Balaban J connectivity index is 1.85. The van der Waals surface area contributed by atoms with Gasteiger partial charge in [0.15, 0.2) is 5.82 Å². The van der Waals surface area contributed by atoms with Crippen LogP contribution in [0.5, 0.6) is 0 Å². The van der Waals surface area contributed by atoms with Crippen molar-refractivity contribution in [1.29, 1.82) is 0 Å². The molecule has 0 aliphatic carbocycles. The van der Waals surface area contributed by atoms with Gasteiger partial charge in [-0.25, -0.2) is 9.67 Å². The maximum atomic E-state index is 6.03. The van der Waals surface area contributed by atoms with Crippen molar-refractivity contribution in [3.8, 4) is 0 Å². The van der Waals surface area contributed by atoms with Gasteiger partial charge in [0.2, 0.25) is 0 Å². The molecule has 0 spiro atoms. The van der Waals surface area contributed by atoms with Crippen LogP contribution < -0.4 is 5.73 Å². The summed E-state index contributed by atoms with van der Waals surface area (Å²) in [4.78, 5) is 4.60. The van der Waals surface area contributed by atoms with E-state index < -0.39 is 0 Å². The fourth-order valence-corrected chi connectivity index (χ4v) is 2.52. The van der Waals surface area contributed by atoms with Crippen LogP contribution in [0.2, 0.25) is 0 Å². The van der Waals surface area contributed by atoms with E-state index >= 15 is 0 Å². The zero-order valence-corrected chi connectivity index (χ0v) is 9.43. The smallest absolute Gasteiger partial charge is 0.156 e. The molecule has 0 saturated carbocycles. The van der Waals surface area contributed by atoms with Crippen molar-refractivity contribution in [3.63, 3.8) is 0 Å². The van der Waals surface area contributed by atoms with Crippen LogP contribution in [0.4, 0.5) is 0 Å². The summed E-state index contributed by atoms with van der Waals surface area (Å²) in [6, 6.07) is 0.0690. The number of nitrogens with two attached hydrogens (primary N) is 1. The second kappa shape index (κ2) is 4.14. The Labute approximate surface area is 95.0 Å². The zero-order chi connectivity index (χ0) is 11.0. The molecule has 0 radical (unpaired) electrons. The third-order valence-corrected chi connectivity index (χ3v) is 3.46. The summed E-state index contributed by atoms with van der Waals surface area (Å²) in [6.07, 6.45) is 4.39. The van der Waals surface area contributed by atoms with Crippen LogP contribution in [0, 0.1) is 0 Å². The average Bonchev–Trinajstić information content (AvgIpc) is 2.76. The van der Waals surface area contributed by atoms with E-state index in [9.17, 15) is 0 Å². The second-order valence-electron chi connectivity index (χ2n) is 4.71. The number of aromatic nitrogens is 3. The first kappa shape index (κ1) is 10.2. The second-order valence-corrected chi connectivity index (χ2v) is 4.71. The molecule has 2 aliphatic rings. The molecular formula is C11H18N4O. The monoisotopic (exact) mass is 222 g/mol. The molecule has 5 heteroatoms. The first-order valence-electron chi connectivity index (χ1n) is 6.12. The quantitative estimate of drug-likeness (QED) is 0.768. The molecule has 88 valence electrons. The highest BCUT2D eigenvalue weighted by molar-refractivity contribution is 5.05. The van der Waals surface area contributed by atoms with Crippen LogP contribution in [0.1, 0.15) is 49.3 Å². The Kier molecular flexibility index (Phi) is 2.65. The van der Waals surface area contributed by atoms with Crippen LogP contribution in [0.25, 0.3) is 0 Å². The molecule has 2 aliphatic heterocycles. The van der Waals surface area contributed by atoms with E-state index in [1.165, 1.54) is 0 Å². The Hall–Kier alpha value is -0.940. The number of hydrogen-bond donors (Lipinski definition) is 1. The Morgan fingerprint density at radius 2 is 2.25 bits per heavy atom. The molecular weight excluding hydrogens is 204 g/mol. The minimum Gasteiger partial charge on any atom is -0.381 e. The van der Waals surface area contributed by atoms with Crippen molar-refractivity contribution in [3.05, 3.63) is 11.6 Å². The molecule has 2 atom stereocenters. The maximum absolute atomic E-state index is 6.03. The molecule has 2 N–H and O–H groups in total. The predicted octanol–water partition coefficient (Wildman–Crippen LogP) is 0.966. The van der Waals surface area contributed by atoms with Gasteiger partial charge in [-0.2, -0.15) is 5.10 Å². The van der Waals surface area contributed by atoms with E-state index in [4.69, 9.17) is 10.5 Å². The summed E-state index contributed by atoms with van der Waals surface area (Å²) in [5, 5.41) is 4.57. The molecule has 1 saturated heterocycles. The van der Waals surface area contributed by atoms with Gasteiger partial charge in [0.1, 0.15) is 5.82 Å².